The summed E-state index contributed by atoms with van der Waals surface area (Å²) >= 11 is 1.31. The summed E-state index contributed by atoms with van der Waals surface area (Å²) in [5.74, 6) is 1.20. The predicted octanol–water partition coefficient (Wildman–Crippen LogP) is 2.86. The molecule has 0 aliphatic carbocycles. The van der Waals surface area contributed by atoms with Crippen LogP contribution in [-0.4, -0.2) is 33.2 Å². The lowest BCUT2D eigenvalue weighted by atomic mass is 10.1. The van der Waals surface area contributed by atoms with E-state index in [1.807, 2.05) is 29.2 Å². The Morgan fingerprint density at radius 2 is 2.27 bits per heavy atom. The maximum atomic E-state index is 12.1. The second kappa shape index (κ2) is 6.48. The molecule has 0 radical (unpaired) electrons. The molecule has 0 spiro atoms. The maximum absolute atomic E-state index is 12.1. The van der Waals surface area contributed by atoms with Crippen molar-refractivity contribution in [1.29, 1.82) is 0 Å². The van der Waals surface area contributed by atoms with Crippen LogP contribution in [0, 0.1) is 5.92 Å². The normalized spacial score (nSPS) is 18.1. The minimum absolute atomic E-state index is 0.118. The zero-order valence-electron chi connectivity index (χ0n) is 12.5. The van der Waals surface area contributed by atoms with Gasteiger partial charge >= 0.3 is 0 Å². The fourth-order valence-corrected chi connectivity index (χ4v) is 3.49. The first-order valence-electron chi connectivity index (χ1n) is 7.36. The van der Waals surface area contributed by atoms with Crippen LogP contribution < -0.4 is 0 Å². The molecule has 1 fully saturated rings. The minimum atomic E-state index is 0.118. The number of fused-ring (bicyclic) bond motifs is 1. The van der Waals surface area contributed by atoms with Crippen LogP contribution in [0.2, 0.25) is 0 Å². The lowest BCUT2D eigenvalue weighted by Gasteiger charge is -2.17. The molecule has 2 aromatic rings. The highest BCUT2D eigenvalue weighted by molar-refractivity contribution is 8.13. The molecule has 4 nitrogen and oxygen atoms in total. The Labute approximate surface area is 133 Å². The summed E-state index contributed by atoms with van der Waals surface area (Å²) in [6.07, 6.45) is 2.33. The molecule has 1 aliphatic rings. The van der Waals surface area contributed by atoms with Crippen LogP contribution >= 0.6 is 11.8 Å². The van der Waals surface area contributed by atoms with Crippen LogP contribution in [0.1, 0.15) is 18.9 Å². The highest BCUT2D eigenvalue weighted by Gasteiger charge is 2.29. The van der Waals surface area contributed by atoms with Crippen LogP contribution in [0.5, 0.6) is 0 Å². The van der Waals surface area contributed by atoms with Crippen LogP contribution in [-0.2, 0) is 16.1 Å². The Morgan fingerprint density at radius 3 is 3.09 bits per heavy atom. The Bertz CT molecular complexity index is 717. The highest BCUT2D eigenvalue weighted by Crippen LogP contribution is 2.24. The van der Waals surface area contributed by atoms with Crippen LogP contribution in [0.4, 0.5) is 0 Å². The maximum Gasteiger partial charge on any atom is 0.223 e. The number of nitrogens with zero attached hydrogens (tertiary/aromatic N) is 2. The highest BCUT2D eigenvalue weighted by atomic mass is 32.2. The van der Waals surface area contributed by atoms with Crippen molar-refractivity contribution in [2.45, 2.75) is 19.9 Å². The van der Waals surface area contributed by atoms with E-state index >= 15 is 0 Å². The molecule has 1 saturated heterocycles. The van der Waals surface area contributed by atoms with Gasteiger partial charge in [0.15, 0.2) is 5.12 Å². The van der Waals surface area contributed by atoms with Crippen molar-refractivity contribution in [3.63, 3.8) is 0 Å². The van der Waals surface area contributed by atoms with Gasteiger partial charge in [-0.25, -0.2) is 0 Å². The molecule has 0 saturated carbocycles. The Kier molecular flexibility index (Phi) is 4.43. The van der Waals surface area contributed by atoms with Crippen LogP contribution in [0.25, 0.3) is 10.9 Å². The smallest absolute Gasteiger partial charge is 0.223 e. The van der Waals surface area contributed by atoms with E-state index in [1.165, 1.54) is 11.8 Å². The number of amides is 1. The van der Waals surface area contributed by atoms with Crippen LogP contribution in [0.15, 0.2) is 36.5 Å². The van der Waals surface area contributed by atoms with E-state index in [1.54, 1.807) is 13.1 Å². The second-order valence-corrected chi connectivity index (χ2v) is 6.87. The van der Waals surface area contributed by atoms with E-state index in [0.717, 1.165) is 28.8 Å². The van der Waals surface area contributed by atoms with Gasteiger partial charge in [0, 0.05) is 43.8 Å². The number of thioether (sulfide) groups is 1. The molecule has 1 unspecified atom stereocenters. The van der Waals surface area contributed by atoms with Crippen molar-refractivity contribution in [1.82, 2.24) is 9.88 Å². The first kappa shape index (κ1) is 15.0. The molecule has 1 aliphatic heterocycles. The van der Waals surface area contributed by atoms with E-state index in [9.17, 15) is 9.59 Å². The van der Waals surface area contributed by atoms with E-state index in [4.69, 9.17) is 0 Å². The summed E-state index contributed by atoms with van der Waals surface area (Å²) in [5.41, 5.74) is 2.09. The summed E-state index contributed by atoms with van der Waals surface area (Å²) in [5, 5.41) is 1.21. The zero-order valence-corrected chi connectivity index (χ0v) is 13.3. The molecule has 1 amide bonds. The van der Waals surface area contributed by atoms with Gasteiger partial charge in [0.1, 0.15) is 0 Å². The lowest BCUT2D eigenvalue weighted by molar-refractivity contribution is -0.128. The van der Waals surface area contributed by atoms with Gasteiger partial charge in [-0.15, -0.1) is 0 Å². The Morgan fingerprint density at radius 1 is 1.41 bits per heavy atom. The molecule has 3 rings (SSSR count). The third kappa shape index (κ3) is 3.47. The molecular formula is C17H18N2O2S. The molecular weight excluding hydrogens is 296 g/mol. The van der Waals surface area contributed by atoms with Gasteiger partial charge in [-0.2, -0.15) is 0 Å². The minimum Gasteiger partial charge on any atom is -0.338 e. The first-order valence-corrected chi connectivity index (χ1v) is 8.35. The number of carbonyl (C=O) groups excluding carboxylic acids is 2. The molecule has 0 bridgehead atoms. The standard InChI is InChI=1S/C17H18N2O2S/c1-12(20)22-11-14-8-17(21)19(10-14)9-13-4-5-16-15(7-13)3-2-6-18-16/h2-7,14H,8-11H2,1H3. The number of carbonyl (C=O) groups is 2. The van der Waals surface area contributed by atoms with Crippen molar-refractivity contribution in [2.24, 2.45) is 5.92 Å². The number of likely N-dealkylation sites (tertiary alicyclic amines) is 1. The van der Waals surface area contributed by atoms with Gasteiger partial charge in [0.05, 0.1) is 5.52 Å². The van der Waals surface area contributed by atoms with Gasteiger partial charge in [0.2, 0.25) is 5.91 Å². The summed E-state index contributed by atoms with van der Waals surface area (Å²) in [7, 11) is 0. The van der Waals surface area contributed by atoms with E-state index < -0.39 is 0 Å². The molecule has 5 heteroatoms. The predicted molar refractivity (Wildman–Crippen MR) is 88.4 cm³/mol. The van der Waals surface area contributed by atoms with Crippen molar-refractivity contribution in [3.05, 3.63) is 42.1 Å². The van der Waals surface area contributed by atoms with Gasteiger partial charge in [-0.1, -0.05) is 23.9 Å². The van der Waals surface area contributed by atoms with Crippen molar-refractivity contribution in [3.8, 4) is 0 Å². The van der Waals surface area contributed by atoms with E-state index in [-0.39, 0.29) is 16.9 Å². The molecule has 114 valence electrons. The van der Waals surface area contributed by atoms with Gasteiger partial charge < -0.3 is 4.90 Å². The number of rotatable bonds is 4. The molecule has 2 heterocycles. The fraction of sp³-hybridized carbons (Fsp3) is 0.353. The summed E-state index contributed by atoms with van der Waals surface area (Å²) in [6.45, 7) is 2.94. The van der Waals surface area contributed by atoms with E-state index in [0.29, 0.717) is 13.0 Å². The van der Waals surface area contributed by atoms with Gasteiger partial charge in [-0.05, 0) is 29.7 Å². The largest absolute Gasteiger partial charge is 0.338 e. The zero-order chi connectivity index (χ0) is 15.5. The quantitative estimate of drug-likeness (QED) is 0.871. The number of hydrogen-bond acceptors (Lipinski definition) is 4. The van der Waals surface area contributed by atoms with E-state index in [2.05, 4.69) is 11.1 Å². The molecule has 0 N–H and O–H groups in total. The number of benzene rings is 1. The monoisotopic (exact) mass is 314 g/mol. The van der Waals surface area contributed by atoms with Crippen LogP contribution in [0.3, 0.4) is 0 Å². The topological polar surface area (TPSA) is 50.3 Å². The molecule has 22 heavy (non-hydrogen) atoms. The number of aromatic nitrogens is 1. The summed E-state index contributed by atoms with van der Waals surface area (Å²) in [6, 6.07) is 10.1. The number of pyridine rings is 1. The van der Waals surface area contributed by atoms with Crippen molar-refractivity contribution >= 4 is 33.7 Å². The van der Waals surface area contributed by atoms with Gasteiger partial charge in [-0.3, -0.25) is 14.6 Å². The van der Waals surface area contributed by atoms with Gasteiger partial charge in [0.25, 0.3) is 0 Å². The molecule has 1 aromatic carbocycles. The first-order chi connectivity index (χ1) is 10.6. The third-order valence-electron chi connectivity index (χ3n) is 3.86. The average Bonchev–Trinajstić information content (AvgIpc) is 2.85. The van der Waals surface area contributed by atoms with Crippen molar-refractivity contribution in [2.75, 3.05) is 12.3 Å². The number of hydrogen-bond donors (Lipinski definition) is 0. The van der Waals surface area contributed by atoms with Crippen molar-refractivity contribution < 1.29 is 9.59 Å². The average molecular weight is 314 g/mol. The molecule has 1 atom stereocenters. The molecule has 1 aromatic heterocycles. The second-order valence-electron chi connectivity index (χ2n) is 5.68. The SMILES string of the molecule is CC(=O)SCC1CC(=O)N(Cc2ccc3ncccc3c2)C1. The lowest BCUT2D eigenvalue weighted by Crippen LogP contribution is -2.24. The summed E-state index contributed by atoms with van der Waals surface area (Å²) < 4.78 is 0. The summed E-state index contributed by atoms with van der Waals surface area (Å²) in [4.78, 5) is 29.4. The third-order valence-corrected chi connectivity index (χ3v) is 4.90. The Hall–Kier alpha value is -1.88. The Balaban J connectivity index is 1.66. The fourth-order valence-electron chi connectivity index (χ4n) is 2.80.